The van der Waals surface area contributed by atoms with Crippen LogP contribution in [0.15, 0.2) is 24.8 Å². The second-order valence-corrected chi connectivity index (χ2v) is 3.15. The fourth-order valence-electron chi connectivity index (χ4n) is 0.782. The lowest BCUT2D eigenvalue weighted by Gasteiger charge is -2.06. The summed E-state index contributed by atoms with van der Waals surface area (Å²) in [6, 6.07) is 2.80. The lowest BCUT2D eigenvalue weighted by molar-refractivity contribution is 0.336. The smallest absolute Gasteiger partial charge is 0.162 e. The van der Waals surface area contributed by atoms with Gasteiger partial charge >= 0.3 is 0 Å². The third-order valence-electron chi connectivity index (χ3n) is 1.36. The van der Waals surface area contributed by atoms with Crippen LogP contribution in [0.1, 0.15) is 0 Å². The molecule has 13 heavy (non-hydrogen) atoms. The number of rotatable bonds is 3. The van der Waals surface area contributed by atoms with Crippen LogP contribution >= 0.6 is 23.2 Å². The van der Waals surface area contributed by atoms with Crippen LogP contribution in [0.3, 0.4) is 0 Å². The molecule has 0 amide bonds. The van der Waals surface area contributed by atoms with Crippen molar-refractivity contribution < 1.29 is 9.84 Å². The first-order chi connectivity index (χ1) is 6.15. The van der Waals surface area contributed by atoms with Crippen molar-refractivity contribution in [3.8, 4) is 11.5 Å². The number of aromatic hydroxyl groups is 1. The third-order valence-corrected chi connectivity index (χ3v) is 2.08. The van der Waals surface area contributed by atoms with Crippen molar-refractivity contribution in [2.75, 3.05) is 6.61 Å². The van der Waals surface area contributed by atoms with E-state index in [2.05, 4.69) is 6.58 Å². The highest BCUT2D eigenvalue weighted by atomic mass is 35.5. The quantitative estimate of drug-likeness (QED) is 0.790. The van der Waals surface area contributed by atoms with Crippen LogP contribution in [-0.4, -0.2) is 11.7 Å². The zero-order valence-electron chi connectivity index (χ0n) is 6.76. The molecule has 0 fully saturated rings. The second kappa shape index (κ2) is 4.40. The van der Waals surface area contributed by atoms with E-state index in [0.717, 1.165) is 0 Å². The molecule has 0 unspecified atom stereocenters. The summed E-state index contributed by atoms with van der Waals surface area (Å²) in [5.74, 6) is 0.269. The van der Waals surface area contributed by atoms with E-state index >= 15 is 0 Å². The molecule has 0 aliphatic heterocycles. The Morgan fingerprint density at radius 2 is 2.00 bits per heavy atom. The first-order valence-electron chi connectivity index (χ1n) is 3.57. The van der Waals surface area contributed by atoms with Crippen LogP contribution in [0.4, 0.5) is 0 Å². The van der Waals surface area contributed by atoms with Crippen LogP contribution < -0.4 is 4.74 Å². The Balaban J connectivity index is 2.94. The molecule has 1 rings (SSSR count). The van der Waals surface area contributed by atoms with Crippen molar-refractivity contribution in [3.05, 3.63) is 34.8 Å². The predicted molar refractivity (Wildman–Crippen MR) is 53.8 cm³/mol. The van der Waals surface area contributed by atoms with E-state index in [1.165, 1.54) is 12.1 Å². The lowest BCUT2D eigenvalue weighted by Crippen LogP contribution is -1.92. The molecule has 1 aromatic rings. The van der Waals surface area contributed by atoms with Gasteiger partial charge in [0.25, 0.3) is 0 Å². The lowest BCUT2D eigenvalue weighted by atomic mass is 10.3. The van der Waals surface area contributed by atoms with Gasteiger partial charge in [-0.2, -0.15) is 0 Å². The third kappa shape index (κ3) is 2.54. The molecular weight excluding hydrogens is 211 g/mol. The Labute approximate surface area is 86.4 Å². The molecule has 0 aliphatic carbocycles. The fraction of sp³-hybridized carbons (Fsp3) is 0.111. The number of phenols is 1. The summed E-state index contributed by atoms with van der Waals surface area (Å²) >= 11 is 11.4. The molecule has 0 aliphatic rings. The Morgan fingerprint density at radius 3 is 2.62 bits per heavy atom. The molecule has 0 spiro atoms. The molecular formula is C9H8Cl2O2. The number of hydrogen-bond acceptors (Lipinski definition) is 2. The summed E-state index contributed by atoms with van der Waals surface area (Å²) in [5.41, 5.74) is 0. The Morgan fingerprint density at radius 1 is 1.38 bits per heavy atom. The highest BCUT2D eigenvalue weighted by Crippen LogP contribution is 2.34. The van der Waals surface area contributed by atoms with E-state index in [1.807, 2.05) is 0 Å². The van der Waals surface area contributed by atoms with Crippen LogP contribution in [0.25, 0.3) is 0 Å². The Bertz CT molecular complexity index is 324. The van der Waals surface area contributed by atoms with Crippen molar-refractivity contribution in [2.45, 2.75) is 0 Å². The maximum Gasteiger partial charge on any atom is 0.162 e. The molecule has 0 saturated heterocycles. The highest BCUT2D eigenvalue weighted by Gasteiger charge is 2.06. The maximum absolute atomic E-state index is 9.34. The van der Waals surface area contributed by atoms with E-state index < -0.39 is 0 Å². The van der Waals surface area contributed by atoms with E-state index in [-0.39, 0.29) is 5.75 Å². The van der Waals surface area contributed by atoms with Gasteiger partial charge in [-0.25, -0.2) is 0 Å². The molecule has 1 N–H and O–H groups in total. The zero-order valence-corrected chi connectivity index (χ0v) is 8.27. The summed E-state index contributed by atoms with van der Waals surface area (Å²) in [4.78, 5) is 0. The average Bonchev–Trinajstić information content (AvgIpc) is 2.09. The number of benzene rings is 1. The van der Waals surface area contributed by atoms with Gasteiger partial charge in [-0.05, 0) is 0 Å². The monoisotopic (exact) mass is 218 g/mol. The minimum absolute atomic E-state index is 0.0312. The van der Waals surface area contributed by atoms with Crippen LogP contribution in [-0.2, 0) is 0 Å². The van der Waals surface area contributed by atoms with Gasteiger partial charge in [0.2, 0.25) is 0 Å². The highest BCUT2D eigenvalue weighted by molar-refractivity contribution is 6.42. The topological polar surface area (TPSA) is 29.5 Å². The number of ether oxygens (including phenoxy) is 1. The van der Waals surface area contributed by atoms with E-state index in [1.54, 1.807) is 6.08 Å². The van der Waals surface area contributed by atoms with Crippen molar-refractivity contribution >= 4 is 23.2 Å². The Kier molecular flexibility index (Phi) is 3.46. The van der Waals surface area contributed by atoms with E-state index in [0.29, 0.717) is 22.4 Å². The molecule has 0 aromatic heterocycles. The molecule has 0 atom stereocenters. The SMILES string of the molecule is C=CCOc1cc(Cl)c(Cl)cc1O. The van der Waals surface area contributed by atoms with Gasteiger partial charge in [0.15, 0.2) is 11.5 Å². The van der Waals surface area contributed by atoms with E-state index in [9.17, 15) is 5.11 Å². The summed E-state index contributed by atoms with van der Waals surface area (Å²) in [7, 11) is 0. The first kappa shape index (κ1) is 10.2. The molecule has 0 saturated carbocycles. The van der Waals surface area contributed by atoms with Crippen LogP contribution in [0.2, 0.25) is 10.0 Å². The fourth-order valence-corrected chi connectivity index (χ4v) is 1.09. The van der Waals surface area contributed by atoms with Crippen LogP contribution in [0, 0.1) is 0 Å². The second-order valence-electron chi connectivity index (χ2n) is 2.33. The van der Waals surface area contributed by atoms with Gasteiger partial charge in [-0.3, -0.25) is 0 Å². The first-order valence-corrected chi connectivity index (χ1v) is 4.32. The Hall–Kier alpha value is -0.860. The number of phenolic OH excluding ortho intramolecular Hbond substituents is 1. The summed E-state index contributed by atoms with van der Waals surface area (Å²) < 4.78 is 5.11. The average molecular weight is 219 g/mol. The van der Waals surface area contributed by atoms with Crippen molar-refractivity contribution in [2.24, 2.45) is 0 Å². The minimum Gasteiger partial charge on any atom is -0.504 e. The molecule has 4 heteroatoms. The van der Waals surface area contributed by atoms with Gasteiger partial charge in [0, 0.05) is 12.1 Å². The maximum atomic E-state index is 9.34. The van der Waals surface area contributed by atoms with Gasteiger partial charge in [0.1, 0.15) is 6.61 Å². The van der Waals surface area contributed by atoms with Crippen molar-refractivity contribution in [3.63, 3.8) is 0 Å². The largest absolute Gasteiger partial charge is 0.504 e. The van der Waals surface area contributed by atoms with Crippen molar-refractivity contribution in [1.29, 1.82) is 0 Å². The summed E-state index contributed by atoms with van der Waals surface area (Å²) in [6.07, 6.45) is 1.57. The van der Waals surface area contributed by atoms with Crippen LogP contribution in [0.5, 0.6) is 11.5 Å². The molecule has 0 radical (unpaired) electrons. The molecule has 1 aromatic carbocycles. The normalized spacial score (nSPS) is 9.69. The van der Waals surface area contributed by atoms with Gasteiger partial charge in [-0.1, -0.05) is 35.9 Å². The number of hydrogen-bond donors (Lipinski definition) is 1. The van der Waals surface area contributed by atoms with E-state index in [4.69, 9.17) is 27.9 Å². The summed E-state index contributed by atoms with van der Waals surface area (Å²) in [5, 5.41) is 9.98. The molecule has 0 heterocycles. The molecule has 0 bridgehead atoms. The van der Waals surface area contributed by atoms with Crippen molar-refractivity contribution in [1.82, 2.24) is 0 Å². The zero-order chi connectivity index (χ0) is 9.84. The van der Waals surface area contributed by atoms with Gasteiger partial charge in [0.05, 0.1) is 10.0 Å². The van der Waals surface area contributed by atoms with Gasteiger partial charge in [-0.15, -0.1) is 0 Å². The standard InChI is InChI=1S/C9H8Cl2O2/c1-2-3-13-9-5-7(11)6(10)4-8(9)12/h2,4-5,12H,1,3H2. The predicted octanol–water partition coefficient (Wildman–Crippen LogP) is 3.26. The molecule has 70 valence electrons. The number of halogens is 2. The summed E-state index contributed by atoms with van der Waals surface area (Å²) in [6.45, 7) is 3.79. The van der Waals surface area contributed by atoms with Gasteiger partial charge < -0.3 is 9.84 Å². The molecule has 2 nitrogen and oxygen atoms in total. The minimum atomic E-state index is -0.0312.